The molecule has 0 aromatic heterocycles. The van der Waals surface area contributed by atoms with E-state index in [2.05, 4.69) is 9.71 Å². The summed E-state index contributed by atoms with van der Waals surface area (Å²) in [5.41, 5.74) is 10.4. The number of sulfonamides is 1. The van der Waals surface area contributed by atoms with Crippen LogP contribution >= 0.6 is 0 Å². The van der Waals surface area contributed by atoms with Crippen LogP contribution in [0.4, 0.5) is 0 Å². The van der Waals surface area contributed by atoms with Gasteiger partial charge in [0.1, 0.15) is 6.04 Å². The van der Waals surface area contributed by atoms with E-state index in [-0.39, 0.29) is 23.8 Å². The quantitative estimate of drug-likeness (QED) is 0.217. The number of fused-ring (bicyclic) bond motifs is 1. The maximum atomic E-state index is 12.7. The first-order valence-electron chi connectivity index (χ1n) is 7.79. The van der Waals surface area contributed by atoms with Crippen molar-refractivity contribution in [3.05, 3.63) is 42.5 Å². The van der Waals surface area contributed by atoms with Gasteiger partial charge in [-0.25, -0.2) is 8.42 Å². The number of carbonyl (C=O) groups is 1. The minimum absolute atomic E-state index is 0.0427. The Morgan fingerprint density at radius 1 is 1.15 bits per heavy atom. The van der Waals surface area contributed by atoms with E-state index in [1.807, 2.05) is 0 Å². The number of aliphatic imine (C=N–C) groups is 1. The number of aliphatic carboxylic acids is 1. The van der Waals surface area contributed by atoms with Crippen LogP contribution in [0.3, 0.4) is 0 Å². The van der Waals surface area contributed by atoms with Crippen LogP contribution in [0.2, 0.25) is 0 Å². The van der Waals surface area contributed by atoms with Crippen LogP contribution in [0, 0.1) is 10.8 Å². The lowest BCUT2D eigenvalue weighted by Gasteiger charge is -2.15. The van der Waals surface area contributed by atoms with Gasteiger partial charge < -0.3 is 16.6 Å². The molecule has 6 N–H and O–H groups in total. The van der Waals surface area contributed by atoms with Crippen molar-refractivity contribution >= 4 is 32.7 Å². The van der Waals surface area contributed by atoms with Crippen molar-refractivity contribution in [3.63, 3.8) is 0 Å². The van der Waals surface area contributed by atoms with E-state index in [0.29, 0.717) is 11.8 Å². The molecule has 0 aliphatic carbocycles. The average molecular weight is 392 g/mol. The molecule has 27 heavy (non-hydrogen) atoms. The van der Waals surface area contributed by atoms with Gasteiger partial charge in [0, 0.05) is 22.7 Å². The summed E-state index contributed by atoms with van der Waals surface area (Å²) in [5, 5.41) is 22.6. The van der Waals surface area contributed by atoms with Crippen molar-refractivity contribution in [3.8, 4) is 0 Å². The third-order valence-corrected chi connectivity index (χ3v) is 5.11. The summed E-state index contributed by atoms with van der Waals surface area (Å²) >= 11 is 0. The van der Waals surface area contributed by atoms with Crippen LogP contribution in [-0.2, 0) is 14.8 Å². The number of nitrogens with two attached hydrogens (primary N) is 2. The zero-order valence-electron chi connectivity index (χ0n) is 14.3. The molecule has 10 nitrogen and oxygen atoms in total. The number of carboxylic acids is 1. The molecule has 0 saturated carbocycles. The molecule has 0 aliphatic rings. The molecule has 0 unspecified atom stereocenters. The topological polar surface area (TPSA) is 195 Å². The smallest absolute Gasteiger partial charge is 0.321 e. The summed E-state index contributed by atoms with van der Waals surface area (Å²) in [6.45, 7) is 0.224. The van der Waals surface area contributed by atoms with Crippen molar-refractivity contribution in [1.29, 1.82) is 10.8 Å². The number of hydrogen-bond acceptors (Lipinski definition) is 6. The highest BCUT2D eigenvalue weighted by Gasteiger charge is 2.26. The van der Waals surface area contributed by atoms with Crippen LogP contribution in [0.1, 0.15) is 12.8 Å². The Labute approximate surface area is 156 Å². The largest absolute Gasteiger partial charge is 0.480 e. The summed E-state index contributed by atoms with van der Waals surface area (Å²) in [6, 6.07) is 10.6. The number of hydrogen-bond donors (Lipinski definition) is 4. The molecular weight excluding hydrogens is 372 g/mol. The van der Waals surface area contributed by atoms with Crippen molar-refractivity contribution in [2.24, 2.45) is 16.5 Å². The lowest BCUT2D eigenvalue weighted by atomic mass is 10.1. The Hall–Kier alpha value is -3.23. The Kier molecular flexibility index (Phi) is 8.12. The highest BCUT2D eigenvalue weighted by Crippen LogP contribution is 2.23. The zero-order valence-corrected chi connectivity index (χ0v) is 15.1. The van der Waals surface area contributed by atoms with Crippen LogP contribution in [0.25, 0.3) is 10.8 Å². The Morgan fingerprint density at radius 2 is 1.78 bits per heavy atom. The summed E-state index contributed by atoms with van der Waals surface area (Å²) in [7, 11) is -4.00. The minimum atomic E-state index is -4.00. The van der Waals surface area contributed by atoms with Crippen LogP contribution < -0.4 is 16.2 Å². The molecule has 0 bridgehead atoms. The maximum Gasteiger partial charge on any atom is 0.321 e. The van der Waals surface area contributed by atoms with Gasteiger partial charge in [-0.05, 0) is 24.3 Å². The fraction of sp³-hybridized carbons (Fsp3) is 0.250. The van der Waals surface area contributed by atoms with Crippen molar-refractivity contribution < 1.29 is 18.3 Å². The number of nitrogens with zero attached hydrogens (tertiary/aromatic N) is 3. The van der Waals surface area contributed by atoms with Crippen LogP contribution in [-0.4, -0.2) is 38.0 Å². The Morgan fingerprint density at radius 3 is 2.41 bits per heavy atom. The molecular formula is C16H20N6O4S. The van der Waals surface area contributed by atoms with Gasteiger partial charge in [0.05, 0.1) is 4.90 Å². The predicted molar refractivity (Wildman–Crippen MR) is 99.1 cm³/mol. The third kappa shape index (κ3) is 6.21. The lowest BCUT2D eigenvalue weighted by molar-refractivity contribution is -0.139. The molecule has 2 rings (SSSR count). The molecule has 144 valence electrons. The molecule has 0 saturated heterocycles. The SMILES string of the molecule is N#N.NC(N)=NCCC[C@H](NS(=O)(=O)c1cccc2ccccc12)C(=O)O. The molecule has 2 aromatic carbocycles. The van der Waals surface area contributed by atoms with E-state index in [4.69, 9.17) is 22.3 Å². The molecule has 0 fully saturated rings. The average Bonchev–Trinajstić information content (AvgIpc) is 2.65. The highest BCUT2D eigenvalue weighted by atomic mass is 32.2. The number of nitrogens with one attached hydrogen (secondary N) is 1. The van der Waals surface area contributed by atoms with Gasteiger partial charge in [0.25, 0.3) is 0 Å². The van der Waals surface area contributed by atoms with Crippen LogP contribution in [0.5, 0.6) is 0 Å². The van der Waals surface area contributed by atoms with Crippen molar-refractivity contribution in [2.75, 3.05) is 6.54 Å². The predicted octanol–water partition coefficient (Wildman–Crippen LogP) is 0.655. The molecule has 0 aliphatic heterocycles. The Balaban J connectivity index is 0.00000176. The van der Waals surface area contributed by atoms with Gasteiger partial charge in [-0.1, -0.05) is 36.4 Å². The molecule has 0 heterocycles. The second-order valence-electron chi connectivity index (χ2n) is 5.44. The van der Waals surface area contributed by atoms with Gasteiger partial charge in [0.2, 0.25) is 10.0 Å². The van der Waals surface area contributed by atoms with Gasteiger partial charge >= 0.3 is 5.97 Å². The van der Waals surface area contributed by atoms with E-state index >= 15 is 0 Å². The summed E-state index contributed by atoms with van der Waals surface area (Å²) in [6.07, 6.45) is 0.392. The fourth-order valence-electron chi connectivity index (χ4n) is 2.42. The zero-order chi connectivity index (χ0) is 20.4. The summed E-state index contributed by atoms with van der Waals surface area (Å²) in [5.74, 6) is -1.35. The number of benzene rings is 2. The second-order valence-corrected chi connectivity index (χ2v) is 7.12. The van der Waals surface area contributed by atoms with E-state index < -0.39 is 22.0 Å². The van der Waals surface area contributed by atoms with Crippen LogP contribution in [0.15, 0.2) is 52.4 Å². The first-order chi connectivity index (χ1) is 12.8. The third-order valence-electron chi connectivity index (χ3n) is 3.58. The summed E-state index contributed by atoms with van der Waals surface area (Å²) in [4.78, 5) is 15.2. The highest BCUT2D eigenvalue weighted by molar-refractivity contribution is 7.89. The van der Waals surface area contributed by atoms with Crippen molar-refractivity contribution in [1.82, 2.24) is 4.72 Å². The van der Waals surface area contributed by atoms with E-state index in [9.17, 15) is 18.3 Å². The van der Waals surface area contributed by atoms with Gasteiger partial charge in [-0.2, -0.15) is 4.72 Å². The monoisotopic (exact) mass is 392 g/mol. The molecule has 0 spiro atoms. The lowest BCUT2D eigenvalue weighted by Crippen LogP contribution is -2.40. The van der Waals surface area contributed by atoms with E-state index in [0.717, 1.165) is 5.39 Å². The van der Waals surface area contributed by atoms with Gasteiger partial charge in [-0.3, -0.25) is 9.79 Å². The van der Waals surface area contributed by atoms with E-state index in [1.54, 1.807) is 36.4 Å². The first kappa shape index (κ1) is 21.8. The molecule has 2 aromatic rings. The summed E-state index contributed by atoms with van der Waals surface area (Å²) < 4.78 is 27.6. The minimum Gasteiger partial charge on any atom is -0.480 e. The maximum absolute atomic E-state index is 12.7. The number of carboxylic acid groups (broad SMARTS) is 1. The molecule has 1 atom stereocenters. The number of rotatable bonds is 8. The molecule has 0 radical (unpaired) electrons. The first-order valence-corrected chi connectivity index (χ1v) is 9.28. The second kappa shape index (κ2) is 10.0. The molecule has 0 amide bonds. The normalized spacial score (nSPS) is 11.8. The molecule has 11 heteroatoms. The van der Waals surface area contributed by atoms with E-state index in [1.165, 1.54) is 6.07 Å². The Bertz CT molecular complexity index is 933. The van der Waals surface area contributed by atoms with Crippen molar-refractivity contribution in [2.45, 2.75) is 23.8 Å². The fourth-order valence-corrected chi connectivity index (χ4v) is 3.87. The van der Waals surface area contributed by atoms with Gasteiger partial charge in [0.15, 0.2) is 5.96 Å². The standard InChI is InChI=1S/C16H20N4O4S.N2/c17-16(18)19-10-4-8-13(15(21)22)20-25(23,24)14-9-3-6-11-5-1-2-7-12(11)14;1-2/h1-3,5-7,9,13,20H,4,8,10H2,(H,21,22)(H4,17,18,19);/t13-;/m0./s1. The van der Waals surface area contributed by atoms with Gasteiger partial charge in [-0.15, -0.1) is 0 Å². The number of guanidine groups is 1.